The summed E-state index contributed by atoms with van der Waals surface area (Å²) in [5.41, 5.74) is 3.64. The summed E-state index contributed by atoms with van der Waals surface area (Å²) in [6.45, 7) is 1.80. The molecule has 0 aliphatic rings. The van der Waals surface area contributed by atoms with E-state index in [9.17, 15) is 9.59 Å². The summed E-state index contributed by atoms with van der Waals surface area (Å²) in [7, 11) is 3.54. The Kier molecular flexibility index (Phi) is 4.76. The number of hydrogen-bond acceptors (Lipinski definition) is 4. The first kappa shape index (κ1) is 18.7. The third-order valence-electron chi connectivity index (χ3n) is 5.22. The number of benzene rings is 2. The fraction of sp³-hybridized carbons (Fsp3) is 0.174. The van der Waals surface area contributed by atoms with Gasteiger partial charge in [-0.15, -0.1) is 0 Å². The Morgan fingerprint density at radius 1 is 1.03 bits per heavy atom. The van der Waals surface area contributed by atoms with E-state index in [4.69, 9.17) is 4.74 Å². The van der Waals surface area contributed by atoms with Crippen molar-refractivity contribution in [2.75, 3.05) is 7.11 Å². The maximum Gasteiger partial charge on any atom is 0.267 e. The quantitative estimate of drug-likeness (QED) is 0.491. The van der Waals surface area contributed by atoms with Crippen molar-refractivity contribution in [1.29, 1.82) is 0 Å². The van der Waals surface area contributed by atoms with Gasteiger partial charge in [-0.1, -0.05) is 18.2 Å². The molecule has 4 rings (SSSR count). The zero-order valence-corrected chi connectivity index (χ0v) is 16.5. The van der Waals surface area contributed by atoms with Crippen molar-refractivity contribution in [1.82, 2.24) is 14.3 Å². The first-order valence-electron chi connectivity index (χ1n) is 9.29. The minimum atomic E-state index is -0.312. The van der Waals surface area contributed by atoms with E-state index >= 15 is 0 Å². The molecule has 2 heterocycles. The van der Waals surface area contributed by atoms with E-state index in [1.54, 1.807) is 13.2 Å². The van der Waals surface area contributed by atoms with Gasteiger partial charge in [0.15, 0.2) is 5.78 Å². The number of fused-ring (bicyclic) bond motifs is 1. The zero-order chi connectivity index (χ0) is 20.5. The Balaban J connectivity index is 1.70. The molecule has 0 aliphatic heterocycles. The van der Waals surface area contributed by atoms with Gasteiger partial charge in [-0.3, -0.25) is 9.59 Å². The van der Waals surface area contributed by atoms with Crippen LogP contribution in [0.1, 0.15) is 16.1 Å². The summed E-state index contributed by atoms with van der Waals surface area (Å²) >= 11 is 0. The predicted octanol–water partition coefficient (Wildman–Crippen LogP) is 3.60. The molecule has 0 saturated heterocycles. The van der Waals surface area contributed by atoms with Crippen molar-refractivity contribution < 1.29 is 9.53 Å². The van der Waals surface area contributed by atoms with Crippen LogP contribution in [0, 0.1) is 6.92 Å². The molecule has 2 aromatic carbocycles. The molecule has 4 aromatic rings. The second-order valence-corrected chi connectivity index (χ2v) is 6.90. The maximum atomic E-state index is 13.1. The van der Waals surface area contributed by atoms with Crippen LogP contribution in [0.2, 0.25) is 0 Å². The maximum absolute atomic E-state index is 13.1. The molecule has 0 N–H and O–H groups in total. The van der Waals surface area contributed by atoms with E-state index in [-0.39, 0.29) is 17.9 Å². The number of ether oxygens (including phenoxy) is 1. The van der Waals surface area contributed by atoms with Crippen LogP contribution in [-0.2, 0) is 13.6 Å². The van der Waals surface area contributed by atoms with E-state index < -0.39 is 0 Å². The standard InChI is InChI=1S/C23H21N3O3/c1-15-23(18-6-4-5-7-20(18)25(15)2)21(27)14-26-22(28)13-12-19(24-26)16-8-10-17(29-3)11-9-16/h4-13H,14H2,1-3H3. The molecule has 0 spiro atoms. The molecule has 29 heavy (non-hydrogen) atoms. The highest BCUT2D eigenvalue weighted by Crippen LogP contribution is 2.25. The second kappa shape index (κ2) is 7.39. The van der Waals surface area contributed by atoms with Crippen LogP contribution in [0.3, 0.4) is 0 Å². The highest BCUT2D eigenvalue weighted by atomic mass is 16.5. The molecule has 0 bridgehead atoms. The Hall–Kier alpha value is -3.67. The molecule has 0 saturated carbocycles. The summed E-state index contributed by atoms with van der Waals surface area (Å²) < 4.78 is 8.39. The van der Waals surface area contributed by atoms with Crippen LogP contribution in [0.25, 0.3) is 22.2 Å². The van der Waals surface area contributed by atoms with Crippen molar-refractivity contribution >= 4 is 16.7 Å². The van der Waals surface area contributed by atoms with Crippen molar-refractivity contribution in [3.05, 3.63) is 82.3 Å². The summed E-state index contributed by atoms with van der Waals surface area (Å²) in [4.78, 5) is 25.5. The number of rotatable bonds is 5. The molecule has 6 nitrogen and oxygen atoms in total. The molecule has 0 atom stereocenters. The molecule has 0 radical (unpaired) electrons. The van der Waals surface area contributed by atoms with Gasteiger partial charge in [0.05, 0.1) is 12.8 Å². The van der Waals surface area contributed by atoms with E-state index in [2.05, 4.69) is 5.10 Å². The Bertz CT molecular complexity index is 1270. The minimum Gasteiger partial charge on any atom is -0.497 e. The van der Waals surface area contributed by atoms with Crippen LogP contribution in [0.4, 0.5) is 0 Å². The van der Waals surface area contributed by atoms with Crippen molar-refractivity contribution in [2.45, 2.75) is 13.5 Å². The number of carbonyl (C=O) groups excluding carboxylic acids is 1. The lowest BCUT2D eigenvalue weighted by Crippen LogP contribution is -2.26. The van der Waals surface area contributed by atoms with E-state index in [1.165, 1.54) is 10.7 Å². The van der Waals surface area contributed by atoms with Crippen molar-refractivity contribution in [3.8, 4) is 17.0 Å². The summed E-state index contributed by atoms with van der Waals surface area (Å²) in [5, 5.41) is 5.30. The zero-order valence-electron chi connectivity index (χ0n) is 16.5. The lowest BCUT2D eigenvalue weighted by atomic mass is 10.1. The molecule has 0 amide bonds. The lowest BCUT2D eigenvalue weighted by Gasteiger charge is -2.08. The number of aromatic nitrogens is 3. The van der Waals surface area contributed by atoms with Gasteiger partial charge in [-0.05, 0) is 43.3 Å². The number of methoxy groups -OCH3 is 1. The third-order valence-corrected chi connectivity index (χ3v) is 5.22. The molecular formula is C23H21N3O3. The van der Waals surface area contributed by atoms with Gasteiger partial charge in [-0.2, -0.15) is 5.10 Å². The summed E-state index contributed by atoms with van der Waals surface area (Å²) in [5.74, 6) is 0.601. The van der Waals surface area contributed by atoms with Crippen LogP contribution in [0.5, 0.6) is 5.75 Å². The van der Waals surface area contributed by atoms with Crippen molar-refractivity contribution in [3.63, 3.8) is 0 Å². The number of para-hydroxylation sites is 1. The van der Waals surface area contributed by atoms with Crippen LogP contribution in [-0.4, -0.2) is 27.2 Å². The lowest BCUT2D eigenvalue weighted by molar-refractivity contribution is 0.0966. The SMILES string of the molecule is COc1ccc(-c2ccc(=O)n(CC(=O)c3c(C)n(C)c4ccccc34)n2)cc1. The van der Waals surface area contributed by atoms with Crippen molar-refractivity contribution in [2.24, 2.45) is 7.05 Å². The number of Topliss-reactive ketones (excluding diaryl/α,β-unsaturated/α-hetero) is 1. The van der Waals surface area contributed by atoms with Gasteiger partial charge in [0.25, 0.3) is 5.56 Å². The Morgan fingerprint density at radius 2 is 1.76 bits per heavy atom. The number of hydrogen-bond donors (Lipinski definition) is 0. The Labute approximate surface area is 168 Å². The first-order chi connectivity index (χ1) is 14.0. The molecule has 0 unspecified atom stereocenters. The molecule has 2 aromatic heterocycles. The van der Waals surface area contributed by atoms with Crippen LogP contribution < -0.4 is 10.3 Å². The largest absolute Gasteiger partial charge is 0.497 e. The second-order valence-electron chi connectivity index (χ2n) is 6.90. The normalized spacial score (nSPS) is 11.0. The molecule has 6 heteroatoms. The van der Waals surface area contributed by atoms with Gasteiger partial charge in [0.2, 0.25) is 0 Å². The first-order valence-corrected chi connectivity index (χ1v) is 9.29. The molecular weight excluding hydrogens is 366 g/mol. The summed E-state index contributed by atoms with van der Waals surface area (Å²) in [6.07, 6.45) is 0. The summed E-state index contributed by atoms with van der Waals surface area (Å²) in [6, 6.07) is 18.3. The third kappa shape index (κ3) is 3.33. The average Bonchev–Trinajstić information content (AvgIpc) is 3.00. The monoisotopic (exact) mass is 387 g/mol. The van der Waals surface area contributed by atoms with E-state index in [0.717, 1.165) is 27.9 Å². The molecule has 0 fully saturated rings. The van der Waals surface area contributed by atoms with Gasteiger partial charge in [0.1, 0.15) is 12.3 Å². The Morgan fingerprint density at radius 3 is 2.48 bits per heavy atom. The highest BCUT2D eigenvalue weighted by molar-refractivity contribution is 6.09. The number of ketones is 1. The predicted molar refractivity (Wildman–Crippen MR) is 112 cm³/mol. The number of aryl methyl sites for hydroxylation is 1. The smallest absolute Gasteiger partial charge is 0.267 e. The molecule has 0 aliphatic carbocycles. The van der Waals surface area contributed by atoms with Crippen LogP contribution >= 0.6 is 0 Å². The van der Waals surface area contributed by atoms with E-state index in [0.29, 0.717) is 11.3 Å². The fourth-order valence-corrected chi connectivity index (χ4v) is 3.57. The number of nitrogens with zero attached hydrogens (tertiary/aromatic N) is 3. The topological polar surface area (TPSA) is 66.1 Å². The fourth-order valence-electron chi connectivity index (χ4n) is 3.57. The van der Waals surface area contributed by atoms with E-state index in [1.807, 2.05) is 67.1 Å². The highest BCUT2D eigenvalue weighted by Gasteiger charge is 2.19. The molecule has 146 valence electrons. The average molecular weight is 387 g/mol. The minimum absolute atomic E-state index is 0.113. The van der Waals surface area contributed by atoms with Gasteiger partial charge >= 0.3 is 0 Å². The van der Waals surface area contributed by atoms with Gasteiger partial charge in [0, 0.05) is 40.8 Å². The van der Waals surface area contributed by atoms with Gasteiger partial charge in [-0.25, -0.2) is 4.68 Å². The van der Waals surface area contributed by atoms with Crippen LogP contribution in [0.15, 0.2) is 65.5 Å². The number of carbonyl (C=O) groups is 1. The van der Waals surface area contributed by atoms with Gasteiger partial charge < -0.3 is 9.30 Å².